The summed E-state index contributed by atoms with van der Waals surface area (Å²) in [7, 11) is -3.48. The first-order valence-corrected chi connectivity index (χ1v) is 11.7. The van der Waals surface area contributed by atoms with Crippen LogP contribution in [-0.4, -0.2) is 43.3 Å². The molecule has 0 aliphatic rings. The largest absolute Gasteiger partial charge is 0.389 e. The number of sulfonamides is 1. The van der Waals surface area contributed by atoms with E-state index in [2.05, 4.69) is 0 Å². The highest BCUT2D eigenvalue weighted by Crippen LogP contribution is 2.26. The third-order valence-electron chi connectivity index (χ3n) is 4.75. The van der Waals surface area contributed by atoms with E-state index in [1.54, 1.807) is 0 Å². The number of hydrogen-bond donors (Lipinski definition) is 1. The zero-order chi connectivity index (χ0) is 21.4. The van der Waals surface area contributed by atoms with Crippen molar-refractivity contribution in [3.05, 3.63) is 108 Å². The third kappa shape index (κ3) is 6.50. The highest BCUT2D eigenvalue weighted by Gasteiger charge is 2.23. The van der Waals surface area contributed by atoms with Gasteiger partial charge in [0.2, 0.25) is 10.0 Å². The summed E-state index contributed by atoms with van der Waals surface area (Å²) < 4.78 is 31.8. The van der Waals surface area contributed by atoms with Gasteiger partial charge >= 0.3 is 0 Å². The van der Waals surface area contributed by atoms with Gasteiger partial charge in [-0.3, -0.25) is 0 Å². The van der Waals surface area contributed by atoms with E-state index in [1.807, 2.05) is 91.0 Å². The van der Waals surface area contributed by atoms with Crippen molar-refractivity contribution in [2.75, 3.05) is 19.4 Å². The molecule has 1 N–H and O–H groups in total. The van der Waals surface area contributed by atoms with E-state index in [0.717, 1.165) is 22.9 Å². The lowest BCUT2D eigenvalue weighted by Crippen LogP contribution is -2.38. The topological polar surface area (TPSA) is 66.8 Å². The molecule has 0 aromatic heterocycles. The molecule has 6 heteroatoms. The molecule has 0 radical (unpaired) electrons. The van der Waals surface area contributed by atoms with Gasteiger partial charge in [-0.2, -0.15) is 4.31 Å². The molecule has 0 amide bonds. The second-order valence-electron chi connectivity index (χ2n) is 7.23. The normalized spacial score (nSPS) is 12.9. The van der Waals surface area contributed by atoms with Crippen LogP contribution in [0.15, 0.2) is 91.0 Å². The molecular weight excluding hydrogens is 398 g/mol. The lowest BCUT2D eigenvalue weighted by molar-refractivity contribution is -0.000720. The lowest BCUT2D eigenvalue weighted by Gasteiger charge is -2.25. The molecular formula is C24H27NO4S. The van der Waals surface area contributed by atoms with Gasteiger partial charge in [0.15, 0.2) is 0 Å². The monoisotopic (exact) mass is 425 g/mol. The summed E-state index contributed by atoms with van der Waals surface area (Å²) >= 11 is 0. The molecule has 0 bridgehead atoms. The van der Waals surface area contributed by atoms with Crippen molar-refractivity contribution in [2.24, 2.45) is 0 Å². The Morgan fingerprint density at radius 3 is 1.77 bits per heavy atom. The predicted molar refractivity (Wildman–Crippen MR) is 118 cm³/mol. The van der Waals surface area contributed by atoms with Crippen LogP contribution in [0.1, 0.15) is 22.8 Å². The average Bonchev–Trinajstić information content (AvgIpc) is 2.75. The average molecular weight is 426 g/mol. The van der Waals surface area contributed by atoms with E-state index in [-0.39, 0.29) is 25.8 Å². The molecule has 3 aromatic rings. The lowest BCUT2D eigenvalue weighted by atomic mass is 10.0. The first-order valence-electron chi connectivity index (χ1n) is 9.82. The summed E-state index contributed by atoms with van der Waals surface area (Å²) in [6.45, 7) is 0.177. The van der Waals surface area contributed by atoms with Crippen LogP contribution in [0.4, 0.5) is 0 Å². The van der Waals surface area contributed by atoms with Gasteiger partial charge in [0.25, 0.3) is 0 Å². The molecule has 158 valence electrons. The van der Waals surface area contributed by atoms with Crippen LogP contribution >= 0.6 is 0 Å². The number of aliphatic hydroxyl groups is 1. The van der Waals surface area contributed by atoms with Gasteiger partial charge in [0.05, 0.1) is 19.0 Å². The molecule has 30 heavy (non-hydrogen) atoms. The number of benzene rings is 3. The number of hydrogen-bond acceptors (Lipinski definition) is 4. The first-order chi connectivity index (χ1) is 14.4. The molecule has 0 saturated heterocycles. The Labute approximate surface area is 178 Å². The Morgan fingerprint density at radius 1 is 0.833 bits per heavy atom. The van der Waals surface area contributed by atoms with E-state index < -0.39 is 16.1 Å². The zero-order valence-electron chi connectivity index (χ0n) is 17.0. The highest BCUT2D eigenvalue weighted by molar-refractivity contribution is 7.88. The summed E-state index contributed by atoms with van der Waals surface area (Å²) in [5, 5.41) is 10.6. The minimum absolute atomic E-state index is 0.00919. The molecule has 0 aliphatic carbocycles. The SMILES string of the molecule is CS(=O)(=O)N(Cc1ccccc1)CC(O)COC(c1ccccc1)c1ccccc1. The molecule has 0 aliphatic heterocycles. The Morgan fingerprint density at radius 2 is 1.30 bits per heavy atom. The molecule has 0 saturated carbocycles. The van der Waals surface area contributed by atoms with Crippen molar-refractivity contribution in [3.63, 3.8) is 0 Å². The fraction of sp³-hybridized carbons (Fsp3) is 0.250. The van der Waals surface area contributed by atoms with Gasteiger partial charge in [0.1, 0.15) is 6.10 Å². The van der Waals surface area contributed by atoms with Gasteiger partial charge < -0.3 is 9.84 Å². The van der Waals surface area contributed by atoms with Crippen molar-refractivity contribution in [3.8, 4) is 0 Å². The minimum Gasteiger partial charge on any atom is -0.389 e. The van der Waals surface area contributed by atoms with Crippen LogP contribution < -0.4 is 0 Å². The fourth-order valence-corrected chi connectivity index (χ4v) is 4.07. The first kappa shape index (κ1) is 22.2. The zero-order valence-corrected chi connectivity index (χ0v) is 17.8. The second-order valence-corrected chi connectivity index (χ2v) is 9.21. The summed E-state index contributed by atoms with van der Waals surface area (Å²) in [4.78, 5) is 0. The third-order valence-corrected chi connectivity index (χ3v) is 5.96. The highest BCUT2D eigenvalue weighted by atomic mass is 32.2. The summed E-state index contributed by atoms with van der Waals surface area (Å²) in [6.07, 6.45) is -0.151. The molecule has 1 unspecified atom stereocenters. The molecule has 0 spiro atoms. The second kappa shape index (κ2) is 10.5. The fourth-order valence-electron chi connectivity index (χ4n) is 3.24. The number of rotatable bonds is 10. The van der Waals surface area contributed by atoms with Crippen LogP contribution in [0, 0.1) is 0 Å². The number of nitrogens with zero attached hydrogens (tertiary/aromatic N) is 1. The van der Waals surface area contributed by atoms with Crippen LogP contribution in [0.2, 0.25) is 0 Å². The van der Waals surface area contributed by atoms with Crippen molar-refractivity contribution in [1.29, 1.82) is 0 Å². The molecule has 1 atom stereocenters. The molecule has 0 heterocycles. The van der Waals surface area contributed by atoms with Gasteiger partial charge in [-0.25, -0.2) is 8.42 Å². The molecule has 0 fully saturated rings. The van der Waals surface area contributed by atoms with Crippen LogP contribution in [0.25, 0.3) is 0 Å². The summed E-state index contributed by atoms with van der Waals surface area (Å²) in [5.41, 5.74) is 2.81. The maximum Gasteiger partial charge on any atom is 0.211 e. The maximum atomic E-state index is 12.2. The van der Waals surface area contributed by atoms with Gasteiger partial charge in [-0.05, 0) is 16.7 Å². The predicted octanol–water partition coefficient (Wildman–Crippen LogP) is 3.62. The molecule has 5 nitrogen and oxygen atoms in total. The Hall–Kier alpha value is -2.51. The van der Waals surface area contributed by atoms with Crippen LogP contribution in [0.5, 0.6) is 0 Å². The minimum atomic E-state index is -3.48. The quantitative estimate of drug-likeness (QED) is 0.539. The van der Waals surface area contributed by atoms with E-state index in [9.17, 15) is 13.5 Å². The Bertz CT molecular complexity index is 956. The molecule has 3 rings (SSSR count). The van der Waals surface area contributed by atoms with E-state index in [1.165, 1.54) is 4.31 Å². The van der Waals surface area contributed by atoms with E-state index >= 15 is 0 Å². The summed E-state index contributed by atoms with van der Waals surface area (Å²) in [5.74, 6) is 0. The maximum absolute atomic E-state index is 12.2. The Balaban J connectivity index is 1.69. The van der Waals surface area contributed by atoms with E-state index in [4.69, 9.17) is 4.74 Å². The Kier molecular flexibility index (Phi) is 7.76. The smallest absolute Gasteiger partial charge is 0.211 e. The van der Waals surface area contributed by atoms with Gasteiger partial charge in [0, 0.05) is 13.1 Å². The standard InChI is InChI=1S/C24H27NO4S/c1-30(27,28)25(17-20-11-5-2-6-12-20)18-23(26)19-29-24(21-13-7-3-8-14-21)22-15-9-4-10-16-22/h2-16,23-24,26H,17-19H2,1H3. The van der Waals surface area contributed by atoms with Crippen molar-refractivity contribution in [1.82, 2.24) is 4.31 Å². The van der Waals surface area contributed by atoms with Gasteiger partial charge in [-0.15, -0.1) is 0 Å². The van der Waals surface area contributed by atoms with Gasteiger partial charge in [-0.1, -0.05) is 91.0 Å². The van der Waals surface area contributed by atoms with Crippen LogP contribution in [-0.2, 0) is 21.3 Å². The van der Waals surface area contributed by atoms with Crippen molar-refractivity contribution in [2.45, 2.75) is 18.8 Å². The summed E-state index contributed by atoms with van der Waals surface area (Å²) in [6, 6.07) is 28.9. The number of ether oxygens (including phenoxy) is 1. The van der Waals surface area contributed by atoms with Crippen LogP contribution in [0.3, 0.4) is 0 Å². The van der Waals surface area contributed by atoms with Crippen molar-refractivity contribution >= 4 is 10.0 Å². The number of aliphatic hydroxyl groups excluding tert-OH is 1. The van der Waals surface area contributed by atoms with E-state index in [0.29, 0.717) is 0 Å². The van der Waals surface area contributed by atoms with Crippen molar-refractivity contribution < 1.29 is 18.3 Å². The molecule has 3 aromatic carbocycles.